The van der Waals surface area contributed by atoms with Crippen LogP contribution in [0.3, 0.4) is 0 Å². The summed E-state index contributed by atoms with van der Waals surface area (Å²) in [6.45, 7) is 6.09. The number of methoxy groups -OCH3 is 1. The van der Waals surface area contributed by atoms with E-state index in [-0.39, 0.29) is 11.6 Å². The summed E-state index contributed by atoms with van der Waals surface area (Å²) in [4.78, 5) is 29.5. The van der Waals surface area contributed by atoms with Gasteiger partial charge >= 0.3 is 0 Å². The molecule has 0 aliphatic rings. The third-order valence-corrected chi connectivity index (χ3v) is 6.51. The van der Waals surface area contributed by atoms with Crippen molar-refractivity contribution in [1.82, 2.24) is 19.9 Å². The Kier molecular flexibility index (Phi) is 6.32. The molecule has 0 saturated carbocycles. The van der Waals surface area contributed by atoms with Gasteiger partial charge in [-0.1, -0.05) is 6.92 Å². The molecule has 0 saturated heterocycles. The number of benzene rings is 1. The number of anilines is 1. The van der Waals surface area contributed by atoms with Crippen LogP contribution in [0, 0.1) is 6.92 Å². The molecule has 0 spiro atoms. The highest BCUT2D eigenvalue weighted by molar-refractivity contribution is 7.15. The van der Waals surface area contributed by atoms with Crippen LogP contribution in [0.25, 0.3) is 22.0 Å². The van der Waals surface area contributed by atoms with Gasteiger partial charge in [-0.3, -0.25) is 4.79 Å². The fourth-order valence-electron chi connectivity index (χ4n) is 3.40. The number of thiazole rings is 1. The molecular weight excluding hydrogens is 422 g/mol. The van der Waals surface area contributed by atoms with E-state index in [0.29, 0.717) is 12.2 Å². The maximum atomic E-state index is 11.8. The Bertz CT molecular complexity index is 1260. The number of hydrogen-bond acceptors (Lipinski definition) is 7. The molecule has 0 bridgehead atoms. The summed E-state index contributed by atoms with van der Waals surface area (Å²) >= 11 is 1.67. The molecule has 1 unspecified atom stereocenters. The Morgan fingerprint density at radius 2 is 1.88 bits per heavy atom. The summed E-state index contributed by atoms with van der Waals surface area (Å²) in [7, 11) is 1.66. The van der Waals surface area contributed by atoms with Crippen molar-refractivity contribution < 1.29 is 4.74 Å². The van der Waals surface area contributed by atoms with Gasteiger partial charge in [-0.25, -0.2) is 15.0 Å². The second kappa shape index (κ2) is 9.32. The molecule has 3 aromatic heterocycles. The van der Waals surface area contributed by atoms with Crippen LogP contribution >= 0.6 is 11.3 Å². The lowest BCUT2D eigenvalue weighted by Crippen LogP contribution is -2.10. The van der Waals surface area contributed by atoms with Gasteiger partial charge in [0.1, 0.15) is 22.4 Å². The van der Waals surface area contributed by atoms with Crippen molar-refractivity contribution in [1.29, 1.82) is 0 Å². The zero-order valence-corrected chi connectivity index (χ0v) is 19.3. The van der Waals surface area contributed by atoms with Crippen molar-refractivity contribution >= 4 is 17.2 Å². The Morgan fingerprint density at radius 3 is 2.53 bits per heavy atom. The lowest BCUT2D eigenvalue weighted by molar-refractivity contribution is 0.415. The number of aromatic nitrogens is 4. The summed E-state index contributed by atoms with van der Waals surface area (Å²) in [5, 5.41) is 4.42. The first-order valence-electron chi connectivity index (χ1n) is 10.4. The van der Waals surface area contributed by atoms with Crippen LogP contribution in [0.15, 0.2) is 53.5 Å². The predicted molar refractivity (Wildman–Crippen MR) is 128 cm³/mol. The van der Waals surface area contributed by atoms with E-state index in [1.54, 1.807) is 24.6 Å². The third kappa shape index (κ3) is 4.70. The molecule has 1 aromatic carbocycles. The van der Waals surface area contributed by atoms with Crippen LogP contribution < -0.4 is 15.6 Å². The van der Waals surface area contributed by atoms with E-state index < -0.39 is 0 Å². The Balaban J connectivity index is 1.50. The molecule has 0 radical (unpaired) electrons. The zero-order valence-electron chi connectivity index (χ0n) is 18.5. The standard InChI is InChI=1S/C24H25N5O2S/c1-5-18-12-21(30)29-23(28-18)17-8-11-20(25-13-17)26-14(2)22-15(3)27-24(32-22)16-6-9-19(31-4)10-7-16/h6-14H,5H2,1-4H3,(H,25,26)(H,28,29,30). The molecule has 4 aromatic rings. The summed E-state index contributed by atoms with van der Waals surface area (Å²) in [6.07, 6.45) is 2.42. The van der Waals surface area contributed by atoms with Crippen molar-refractivity contribution in [3.8, 4) is 27.7 Å². The van der Waals surface area contributed by atoms with Crippen molar-refractivity contribution in [2.75, 3.05) is 12.4 Å². The van der Waals surface area contributed by atoms with Crippen molar-refractivity contribution in [3.05, 3.63) is 75.3 Å². The average molecular weight is 448 g/mol. The van der Waals surface area contributed by atoms with E-state index in [2.05, 4.69) is 27.2 Å². The summed E-state index contributed by atoms with van der Waals surface area (Å²) in [5.41, 5.74) is 3.43. The molecule has 32 heavy (non-hydrogen) atoms. The smallest absolute Gasteiger partial charge is 0.251 e. The Hall–Kier alpha value is -3.52. The SMILES string of the molecule is CCc1cc(=O)[nH]c(-c2ccc(NC(C)c3sc(-c4ccc(OC)cc4)nc3C)nc2)n1. The zero-order chi connectivity index (χ0) is 22.7. The minimum atomic E-state index is -0.156. The van der Waals surface area contributed by atoms with Gasteiger partial charge < -0.3 is 15.0 Å². The van der Waals surface area contributed by atoms with E-state index in [4.69, 9.17) is 9.72 Å². The van der Waals surface area contributed by atoms with Gasteiger partial charge in [0.15, 0.2) is 0 Å². The van der Waals surface area contributed by atoms with Crippen LogP contribution in [0.1, 0.15) is 36.2 Å². The number of H-pyrrole nitrogens is 1. The summed E-state index contributed by atoms with van der Waals surface area (Å²) in [6, 6.07) is 13.3. The number of aryl methyl sites for hydroxylation is 2. The van der Waals surface area contributed by atoms with Gasteiger partial charge in [-0.05, 0) is 56.7 Å². The van der Waals surface area contributed by atoms with E-state index in [1.165, 1.54) is 6.07 Å². The van der Waals surface area contributed by atoms with Crippen LogP contribution in [0.4, 0.5) is 5.82 Å². The molecule has 0 amide bonds. The molecular formula is C24H25N5O2S. The molecule has 8 heteroatoms. The van der Waals surface area contributed by atoms with Crippen LogP contribution in [-0.4, -0.2) is 27.0 Å². The molecule has 0 aliphatic heterocycles. The van der Waals surface area contributed by atoms with E-state index in [1.807, 2.05) is 50.2 Å². The molecule has 0 aliphatic carbocycles. The number of nitrogens with zero attached hydrogens (tertiary/aromatic N) is 3. The van der Waals surface area contributed by atoms with Crippen molar-refractivity contribution in [3.63, 3.8) is 0 Å². The van der Waals surface area contributed by atoms with Crippen LogP contribution in [0.5, 0.6) is 5.75 Å². The second-order valence-corrected chi connectivity index (χ2v) is 8.46. The average Bonchev–Trinajstić information content (AvgIpc) is 3.21. The lowest BCUT2D eigenvalue weighted by Gasteiger charge is -2.14. The van der Waals surface area contributed by atoms with Gasteiger partial charge in [-0.2, -0.15) is 0 Å². The molecule has 3 heterocycles. The fourth-order valence-corrected chi connectivity index (χ4v) is 4.47. The summed E-state index contributed by atoms with van der Waals surface area (Å²) < 4.78 is 5.24. The Labute approximate surface area is 190 Å². The van der Waals surface area contributed by atoms with Crippen LogP contribution in [-0.2, 0) is 6.42 Å². The number of hydrogen-bond donors (Lipinski definition) is 2. The van der Waals surface area contributed by atoms with Crippen LogP contribution in [0.2, 0.25) is 0 Å². The third-order valence-electron chi connectivity index (χ3n) is 5.12. The van der Waals surface area contributed by atoms with E-state index in [9.17, 15) is 4.79 Å². The highest BCUT2D eigenvalue weighted by Crippen LogP contribution is 2.33. The number of rotatable bonds is 7. The normalized spacial score (nSPS) is 11.9. The largest absolute Gasteiger partial charge is 0.497 e. The topological polar surface area (TPSA) is 92.8 Å². The minimum Gasteiger partial charge on any atom is -0.497 e. The fraction of sp³-hybridized carbons (Fsp3) is 0.250. The van der Waals surface area contributed by atoms with Gasteiger partial charge in [0.05, 0.1) is 18.8 Å². The van der Waals surface area contributed by atoms with E-state index in [0.717, 1.165) is 44.0 Å². The van der Waals surface area contributed by atoms with E-state index >= 15 is 0 Å². The number of ether oxygens (including phenoxy) is 1. The maximum absolute atomic E-state index is 11.8. The molecule has 7 nitrogen and oxygen atoms in total. The molecule has 164 valence electrons. The van der Waals surface area contributed by atoms with Crippen molar-refractivity contribution in [2.24, 2.45) is 0 Å². The first-order valence-corrected chi connectivity index (χ1v) is 11.2. The number of aromatic amines is 1. The number of nitrogens with one attached hydrogen (secondary N) is 2. The highest BCUT2D eigenvalue weighted by Gasteiger charge is 2.16. The maximum Gasteiger partial charge on any atom is 0.251 e. The first kappa shape index (κ1) is 21.7. The summed E-state index contributed by atoms with van der Waals surface area (Å²) in [5.74, 6) is 2.10. The Morgan fingerprint density at radius 1 is 1.12 bits per heavy atom. The molecule has 4 rings (SSSR count). The van der Waals surface area contributed by atoms with Gasteiger partial charge in [-0.15, -0.1) is 11.3 Å². The predicted octanol–water partition coefficient (Wildman–Crippen LogP) is 5.01. The van der Waals surface area contributed by atoms with Gasteiger partial charge in [0, 0.05) is 34.0 Å². The molecule has 2 N–H and O–H groups in total. The number of pyridine rings is 1. The quantitative estimate of drug-likeness (QED) is 0.414. The van der Waals surface area contributed by atoms with Crippen molar-refractivity contribution in [2.45, 2.75) is 33.2 Å². The second-order valence-electron chi connectivity index (χ2n) is 7.43. The minimum absolute atomic E-state index is 0.0409. The molecule has 1 atom stereocenters. The molecule has 0 fully saturated rings. The lowest BCUT2D eigenvalue weighted by atomic mass is 10.2. The van der Waals surface area contributed by atoms with Gasteiger partial charge in [0.25, 0.3) is 5.56 Å². The highest BCUT2D eigenvalue weighted by atomic mass is 32.1. The monoisotopic (exact) mass is 447 g/mol. The first-order chi connectivity index (χ1) is 15.5. The van der Waals surface area contributed by atoms with Gasteiger partial charge in [0.2, 0.25) is 0 Å².